The Labute approximate surface area is 99.3 Å². The standard InChI is InChI=1S/C11H16N4S/c1-8-4-5-9-10(13-8)15(11(12)14-9)6-3-7-16-2/h4-5H,3,6-7H2,1-2H3,(H2,12,14). The highest BCUT2D eigenvalue weighted by Gasteiger charge is 2.08. The Kier molecular flexibility index (Phi) is 3.33. The molecule has 0 atom stereocenters. The van der Waals surface area contributed by atoms with Crippen LogP contribution in [0.5, 0.6) is 0 Å². The second kappa shape index (κ2) is 4.74. The Balaban J connectivity index is 2.34. The van der Waals surface area contributed by atoms with E-state index in [2.05, 4.69) is 16.2 Å². The first-order chi connectivity index (χ1) is 7.72. The lowest BCUT2D eigenvalue weighted by molar-refractivity contribution is 0.706. The van der Waals surface area contributed by atoms with Crippen LogP contribution in [0.4, 0.5) is 5.95 Å². The largest absolute Gasteiger partial charge is 0.369 e. The van der Waals surface area contributed by atoms with Crippen LogP contribution in [0.2, 0.25) is 0 Å². The van der Waals surface area contributed by atoms with Gasteiger partial charge in [0.05, 0.1) is 0 Å². The molecular formula is C11H16N4S. The molecule has 5 heteroatoms. The average molecular weight is 236 g/mol. The molecule has 0 aromatic carbocycles. The number of anilines is 1. The second-order valence-corrected chi connectivity index (χ2v) is 4.75. The number of aryl methyl sites for hydroxylation is 2. The van der Waals surface area contributed by atoms with Gasteiger partial charge < -0.3 is 5.73 Å². The van der Waals surface area contributed by atoms with E-state index in [1.54, 1.807) is 0 Å². The van der Waals surface area contributed by atoms with Crippen molar-refractivity contribution in [2.24, 2.45) is 0 Å². The summed E-state index contributed by atoms with van der Waals surface area (Å²) in [4.78, 5) is 8.79. The van der Waals surface area contributed by atoms with Crippen molar-refractivity contribution in [2.75, 3.05) is 17.7 Å². The number of thioether (sulfide) groups is 1. The highest BCUT2D eigenvalue weighted by atomic mass is 32.2. The number of fused-ring (bicyclic) bond motifs is 1. The Morgan fingerprint density at radius 3 is 2.94 bits per heavy atom. The number of hydrogen-bond acceptors (Lipinski definition) is 4. The summed E-state index contributed by atoms with van der Waals surface area (Å²) in [5, 5.41) is 0. The van der Waals surface area contributed by atoms with Crippen LogP contribution >= 0.6 is 11.8 Å². The lowest BCUT2D eigenvalue weighted by Crippen LogP contribution is -2.05. The predicted octanol–water partition coefficient (Wildman–Crippen LogP) is 2.08. The van der Waals surface area contributed by atoms with Crippen molar-refractivity contribution in [1.29, 1.82) is 0 Å². The van der Waals surface area contributed by atoms with Gasteiger partial charge in [0.15, 0.2) is 5.65 Å². The van der Waals surface area contributed by atoms with Crippen LogP contribution in [0.1, 0.15) is 12.1 Å². The van der Waals surface area contributed by atoms with E-state index in [4.69, 9.17) is 5.73 Å². The van der Waals surface area contributed by atoms with Gasteiger partial charge in [0.1, 0.15) is 5.52 Å². The summed E-state index contributed by atoms with van der Waals surface area (Å²) in [6.45, 7) is 2.87. The van der Waals surface area contributed by atoms with Crippen LogP contribution in [-0.4, -0.2) is 26.5 Å². The van der Waals surface area contributed by atoms with Crippen molar-refractivity contribution in [1.82, 2.24) is 14.5 Å². The van der Waals surface area contributed by atoms with Crippen LogP contribution in [0.25, 0.3) is 11.2 Å². The number of imidazole rings is 1. The Morgan fingerprint density at radius 2 is 2.19 bits per heavy atom. The minimum absolute atomic E-state index is 0.564. The van der Waals surface area contributed by atoms with Gasteiger partial charge in [-0.15, -0.1) is 0 Å². The Morgan fingerprint density at radius 1 is 1.38 bits per heavy atom. The van der Waals surface area contributed by atoms with Gasteiger partial charge in [-0.05, 0) is 37.5 Å². The fraction of sp³-hybridized carbons (Fsp3) is 0.455. The monoisotopic (exact) mass is 236 g/mol. The number of pyridine rings is 1. The molecule has 0 amide bonds. The molecule has 0 unspecified atom stereocenters. The highest BCUT2D eigenvalue weighted by molar-refractivity contribution is 7.98. The number of nitrogens with two attached hydrogens (primary N) is 1. The highest BCUT2D eigenvalue weighted by Crippen LogP contribution is 2.17. The molecule has 2 rings (SSSR count). The van der Waals surface area contributed by atoms with Crippen molar-refractivity contribution in [3.63, 3.8) is 0 Å². The quantitative estimate of drug-likeness (QED) is 0.826. The van der Waals surface area contributed by atoms with Gasteiger partial charge in [-0.3, -0.25) is 4.57 Å². The summed E-state index contributed by atoms with van der Waals surface area (Å²) in [6.07, 6.45) is 3.20. The first-order valence-corrected chi connectivity index (χ1v) is 6.70. The molecule has 0 aliphatic carbocycles. The molecule has 16 heavy (non-hydrogen) atoms. The smallest absolute Gasteiger partial charge is 0.202 e. The summed E-state index contributed by atoms with van der Waals surface area (Å²) >= 11 is 1.84. The molecule has 2 aromatic rings. The maximum absolute atomic E-state index is 5.89. The molecule has 4 nitrogen and oxygen atoms in total. The second-order valence-electron chi connectivity index (χ2n) is 3.76. The van der Waals surface area contributed by atoms with Crippen molar-refractivity contribution >= 4 is 28.9 Å². The zero-order valence-corrected chi connectivity index (χ0v) is 10.4. The summed E-state index contributed by atoms with van der Waals surface area (Å²) in [7, 11) is 0. The molecular weight excluding hydrogens is 220 g/mol. The third kappa shape index (κ3) is 2.14. The predicted molar refractivity (Wildman–Crippen MR) is 69.7 cm³/mol. The summed E-state index contributed by atoms with van der Waals surface area (Å²) in [6, 6.07) is 3.93. The van der Waals surface area contributed by atoms with E-state index in [0.717, 1.165) is 35.6 Å². The van der Waals surface area contributed by atoms with E-state index in [1.165, 1.54) is 0 Å². The molecule has 0 aliphatic rings. The van der Waals surface area contributed by atoms with Gasteiger partial charge in [-0.1, -0.05) is 0 Å². The number of aromatic nitrogens is 3. The summed E-state index contributed by atoms with van der Waals surface area (Å²) in [5.74, 6) is 1.69. The van der Waals surface area contributed by atoms with Gasteiger partial charge in [0.25, 0.3) is 0 Å². The maximum atomic E-state index is 5.89. The van der Waals surface area contributed by atoms with Crippen molar-refractivity contribution in [3.05, 3.63) is 17.8 Å². The van der Waals surface area contributed by atoms with Crippen molar-refractivity contribution in [2.45, 2.75) is 19.9 Å². The minimum Gasteiger partial charge on any atom is -0.369 e. The third-order valence-electron chi connectivity index (χ3n) is 2.49. The molecule has 0 fully saturated rings. The lowest BCUT2D eigenvalue weighted by atomic mass is 10.3. The topological polar surface area (TPSA) is 56.7 Å². The van der Waals surface area contributed by atoms with Crippen LogP contribution in [-0.2, 0) is 6.54 Å². The molecule has 2 heterocycles. The molecule has 86 valence electrons. The molecule has 0 saturated carbocycles. The molecule has 0 bridgehead atoms. The molecule has 0 saturated heterocycles. The Bertz CT molecular complexity index is 492. The molecule has 2 N–H and O–H groups in total. The fourth-order valence-corrected chi connectivity index (χ4v) is 2.12. The average Bonchev–Trinajstić information content (AvgIpc) is 2.56. The maximum Gasteiger partial charge on any atom is 0.202 e. The van der Waals surface area contributed by atoms with Crippen LogP contribution in [0.15, 0.2) is 12.1 Å². The Hall–Kier alpha value is -1.23. The van der Waals surface area contributed by atoms with Crippen molar-refractivity contribution < 1.29 is 0 Å². The summed E-state index contributed by atoms with van der Waals surface area (Å²) in [5.41, 5.74) is 8.67. The van der Waals surface area contributed by atoms with Gasteiger partial charge in [0.2, 0.25) is 5.95 Å². The van der Waals surface area contributed by atoms with Crippen LogP contribution in [0.3, 0.4) is 0 Å². The first-order valence-electron chi connectivity index (χ1n) is 5.30. The van der Waals surface area contributed by atoms with Crippen LogP contribution in [0, 0.1) is 6.92 Å². The van der Waals surface area contributed by atoms with E-state index in [9.17, 15) is 0 Å². The van der Waals surface area contributed by atoms with E-state index < -0.39 is 0 Å². The number of nitrogen functional groups attached to an aromatic ring is 1. The van der Waals surface area contributed by atoms with Gasteiger partial charge in [-0.2, -0.15) is 11.8 Å². The van der Waals surface area contributed by atoms with Crippen molar-refractivity contribution in [3.8, 4) is 0 Å². The fourth-order valence-electron chi connectivity index (χ4n) is 1.70. The molecule has 0 spiro atoms. The molecule has 0 aliphatic heterocycles. The van der Waals surface area contributed by atoms with E-state index in [-0.39, 0.29) is 0 Å². The van der Waals surface area contributed by atoms with Gasteiger partial charge >= 0.3 is 0 Å². The van der Waals surface area contributed by atoms with E-state index in [0.29, 0.717) is 5.95 Å². The van der Waals surface area contributed by atoms with Crippen LogP contribution < -0.4 is 5.73 Å². The minimum atomic E-state index is 0.564. The normalized spacial score (nSPS) is 11.1. The first kappa shape index (κ1) is 11.3. The van der Waals surface area contributed by atoms with E-state index in [1.807, 2.05) is 35.4 Å². The van der Waals surface area contributed by atoms with E-state index >= 15 is 0 Å². The van der Waals surface area contributed by atoms with Gasteiger partial charge in [0, 0.05) is 12.2 Å². The zero-order chi connectivity index (χ0) is 11.5. The lowest BCUT2D eigenvalue weighted by Gasteiger charge is -2.04. The number of hydrogen-bond donors (Lipinski definition) is 1. The van der Waals surface area contributed by atoms with Gasteiger partial charge in [-0.25, -0.2) is 9.97 Å². The molecule has 2 aromatic heterocycles. The zero-order valence-electron chi connectivity index (χ0n) is 9.60. The number of rotatable bonds is 4. The SMILES string of the molecule is CSCCCn1c(N)nc2ccc(C)nc21. The number of nitrogens with zero attached hydrogens (tertiary/aromatic N) is 3. The third-order valence-corrected chi connectivity index (χ3v) is 3.19. The molecule has 0 radical (unpaired) electrons. The summed E-state index contributed by atoms with van der Waals surface area (Å²) < 4.78 is 2.00.